The molecule has 7 heteroatoms. The van der Waals surface area contributed by atoms with Crippen LogP contribution in [0.5, 0.6) is 0 Å². The van der Waals surface area contributed by atoms with Crippen LogP contribution in [-0.2, 0) is 14.8 Å². The molecule has 6 nitrogen and oxygen atoms in total. The van der Waals surface area contributed by atoms with Gasteiger partial charge in [-0.15, -0.1) is 0 Å². The quantitative estimate of drug-likeness (QED) is 0.801. The molecule has 0 aromatic heterocycles. The lowest BCUT2D eigenvalue weighted by Crippen LogP contribution is -2.41. The van der Waals surface area contributed by atoms with Gasteiger partial charge in [-0.25, -0.2) is 13.1 Å². The summed E-state index contributed by atoms with van der Waals surface area (Å²) in [7, 11) is -3.56. The summed E-state index contributed by atoms with van der Waals surface area (Å²) in [6, 6.07) is 6.22. The molecule has 1 aromatic carbocycles. The molecule has 2 rings (SSSR count). The number of sulfonamides is 1. The fraction of sp³-hybridized carbons (Fsp3) is 0.611. The minimum Gasteiger partial charge on any atom is -0.378 e. The first-order chi connectivity index (χ1) is 11.8. The smallest absolute Gasteiger partial charge is 0.253 e. The maximum atomic E-state index is 12.7. The summed E-state index contributed by atoms with van der Waals surface area (Å²) in [4.78, 5) is 14.6. The number of hydrogen-bond acceptors (Lipinski definition) is 4. The molecule has 1 aliphatic rings. The van der Waals surface area contributed by atoms with Crippen molar-refractivity contribution >= 4 is 15.9 Å². The number of hydrogen-bond donors (Lipinski definition) is 1. The molecule has 0 bridgehead atoms. The van der Waals surface area contributed by atoms with Crippen molar-refractivity contribution in [1.29, 1.82) is 0 Å². The minimum absolute atomic E-state index is 0.121. The molecule has 140 valence electrons. The Hall–Kier alpha value is -1.44. The number of piperidine rings is 1. The van der Waals surface area contributed by atoms with E-state index < -0.39 is 10.0 Å². The van der Waals surface area contributed by atoms with Crippen molar-refractivity contribution in [1.82, 2.24) is 9.62 Å². The number of ether oxygens (including phenoxy) is 1. The van der Waals surface area contributed by atoms with Crippen molar-refractivity contribution < 1.29 is 17.9 Å². The number of benzene rings is 1. The van der Waals surface area contributed by atoms with Gasteiger partial charge < -0.3 is 9.64 Å². The highest BCUT2D eigenvalue weighted by Gasteiger charge is 2.25. The second-order valence-electron chi connectivity index (χ2n) is 6.75. The van der Waals surface area contributed by atoms with Crippen molar-refractivity contribution in [3.63, 3.8) is 0 Å². The number of nitrogens with one attached hydrogen (secondary N) is 1. The Morgan fingerprint density at radius 3 is 2.60 bits per heavy atom. The Morgan fingerprint density at radius 2 is 2.00 bits per heavy atom. The van der Waals surface area contributed by atoms with E-state index in [1.54, 1.807) is 24.0 Å². The van der Waals surface area contributed by atoms with Crippen molar-refractivity contribution in [2.75, 3.05) is 26.2 Å². The maximum Gasteiger partial charge on any atom is 0.253 e. The summed E-state index contributed by atoms with van der Waals surface area (Å²) in [5, 5.41) is 0. The van der Waals surface area contributed by atoms with E-state index in [1.807, 2.05) is 0 Å². The lowest BCUT2D eigenvalue weighted by atomic mass is 10.1. The first-order valence-electron chi connectivity index (χ1n) is 8.84. The standard InChI is InChI=1S/C18H28N2O4S/c1-4-19-25(22,23)17-7-5-6-15(12-17)18(21)20-10-8-16(9-11-20)24-13-14(2)3/h5-7,12,14,16,19H,4,8-11,13H2,1-3H3. The van der Waals surface area contributed by atoms with Crippen LogP contribution in [0.4, 0.5) is 0 Å². The summed E-state index contributed by atoms with van der Waals surface area (Å²) in [6.45, 7) is 8.27. The lowest BCUT2D eigenvalue weighted by Gasteiger charge is -2.32. The molecular formula is C18H28N2O4S. The maximum absolute atomic E-state index is 12.7. The molecule has 1 fully saturated rings. The molecule has 0 radical (unpaired) electrons. The predicted octanol–water partition coefficient (Wildman–Crippen LogP) is 2.26. The van der Waals surface area contributed by atoms with E-state index in [4.69, 9.17) is 4.74 Å². The van der Waals surface area contributed by atoms with Crippen LogP contribution in [-0.4, -0.2) is 51.6 Å². The van der Waals surface area contributed by atoms with Crippen LogP contribution in [0.25, 0.3) is 0 Å². The Kier molecular flexibility index (Phi) is 6.98. The van der Waals surface area contributed by atoms with Gasteiger partial charge in [0, 0.05) is 31.8 Å². The average Bonchev–Trinajstić information content (AvgIpc) is 2.60. The van der Waals surface area contributed by atoms with Gasteiger partial charge in [-0.1, -0.05) is 26.8 Å². The highest BCUT2D eigenvalue weighted by atomic mass is 32.2. The molecular weight excluding hydrogens is 340 g/mol. The summed E-state index contributed by atoms with van der Waals surface area (Å²) in [5.74, 6) is 0.372. The highest BCUT2D eigenvalue weighted by molar-refractivity contribution is 7.89. The van der Waals surface area contributed by atoms with Crippen molar-refractivity contribution in [2.45, 2.75) is 44.6 Å². The van der Waals surface area contributed by atoms with Crippen LogP contribution in [0.2, 0.25) is 0 Å². The third-order valence-corrected chi connectivity index (χ3v) is 5.66. The number of rotatable bonds is 7. The van der Waals surface area contributed by atoms with Crippen LogP contribution in [0.3, 0.4) is 0 Å². The van der Waals surface area contributed by atoms with Gasteiger partial charge in [0.1, 0.15) is 0 Å². The Labute approximate surface area is 150 Å². The van der Waals surface area contributed by atoms with Crippen LogP contribution in [0.15, 0.2) is 29.2 Å². The average molecular weight is 368 g/mol. The highest BCUT2D eigenvalue weighted by Crippen LogP contribution is 2.19. The summed E-state index contributed by atoms with van der Waals surface area (Å²) >= 11 is 0. The van der Waals surface area contributed by atoms with Gasteiger partial charge in [0.2, 0.25) is 10.0 Å². The lowest BCUT2D eigenvalue weighted by molar-refractivity contribution is -0.00231. The molecule has 0 spiro atoms. The zero-order chi connectivity index (χ0) is 18.4. The van der Waals surface area contributed by atoms with Crippen molar-refractivity contribution in [2.24, 2.45) is 5.92 Å². The summed E-state index contributed by atoms with van der Waals surface area (Å²) in [5.41, 5.74) is 0.403. The SMILES string of the molecule is CCNS(=O)(=O)c1cccc(C(=O)N2CCC(OCC(C)C)CC2)c1. The summed E-state index contributed by atoms with van der Waals surface area (Å²) in [6.07, 6.45) is 1.83. The monoisotopic (exact) mass is 368 g/mol. The van der Waals surface area contributed by atoms with Crippen LogP contribution in [0.1, 0.15) is 44.0 Å². The van der Waals surface area contributed by atoms with E-state index in [0.717, 1.165) is 19.4 Å². The third-order valence-electron chi connectivity index (χ3n) is 4.12. The molecule has 1 saturated heterocycles. The van der Waals surface area contributed by atoms with Crippen molar-refractivity contribution in [3.8, 4) is 0 Å². The van der Waals surface area contributed by atoms with Gasteiger partial charge in [0.05, 0.1) is 11.0 Å². The molecule has 1 N–H and O–H groups in total. The normalized spacial score (nSPS) is 16.4. The van der Waals surface area contributed by atoms with E-state index in [2.05, 4.69) is 18.6 Å². The first kappa shape index (κ1) is 19.9. The number of carbonyl (C=O) groups is 1. The van der Waals surface area contributed by atoms with E-state index >= 15 is 0 Å². The second kappa shape index (κ2) is 8.78. The van der Waals surface area contributed by atoms with Gasteiger partial charge >= 0.3 is 0 Å². The molecule has 1 heterocycles. The zero-order valence-electron chi connectivity index (χ0n) is 15.2. The van der Waals surface area contributed by atoms with E-state index in [9.17, 15) is 13.2 Å². The molecule has 1 aliphatic heterocycles. The molecule has 0 aliphatic carbocycles. The number of carbonyl (C=O) groups excluding carboxylic acids is 1. The molecule has 0 atom stereocenters. The Bertz CT molecular complexity index is 680. The van der Waals surface area contributed by atoms with Gasteiger partial charge in [0.15, 0.2) is 0 Å². The molecule has 0 saturated carbocycles. The zero-order valence-corrected chi connectivity index (χ0v) is 16.0. The number of likely N-dealkylation sites (tertiary alicyclic amines) is 1. The molecule has 1 amide bonds. The van der Waals surface area contributed by atoms with Crippen molar-refractivity contribution in [3.05, 3.63) is 29.8 Å². The molecule has 1 aromatic rings. The number of nitrogens with zero attached hydrogens (tertiary/aromatic N) is 1. The van der Waals surface area contributed by atoms with E-state index in [0.29, 0.717) is 31.1 Å². The van der Waals surface area contributed by atoms with Crippen LogP contribution in [0, 0.1) is 5.92 Å². The van der Waals surface area contributed by atoms with Gasteiger partial charge in [-0.3, -0.25) is 4.79 Å². The van der Waals surface area contributed by atoms with Gasteiger partial charge in [-0.2, -0.15) is 0 Å². The third kappa shape index (κ3) is 5.52. The fourth-order valence-corrected chi connectivity index (χ4v) is 3.89. The van der Waals surface area contributed by atoms with E-state index in [1.165, 1.54) is 12.1 Å². The largest absolute Gasteiger partial charge is 0.378 e. The predicted molar refractivity (Wildman–Crippen MR) is 97.0 cm³/mol. The first-order valence-corrected chi connectivity index (χ1v) is 10.3. The molecule has 0 unspecified atom stereocenters. The Morgan fingerprint density at radius 1 is 1.32 bits per heavy atom. The minimum atomic E-state index is -3.56. The summed E-state index contributed by atoms with van der Waals surface area (Å²) < 4.78 is 32.5. The number of amides is 1. The fourth-order valence-electron chi connectivity index (χ4n) is 2.81. The Balaban J connectivity index is 2.00. The van der Waals surface area contributed by atoms with Gasteiger partial charge in [0.25, 0.3) is 5.91 Å². The molecule has 25 heavy (non-hydrogen) atoms. The van der Waals surface area contributed by atoms with Crippen LogP contribution < -0.4 is 4.72 Å². The van der Waals surface area contributed by atoms with Crippen LogP contribution >= 0.6 is 0 Å². The second-order valence-corrected chi connectivity index (χ2v) is 8.51. The van der Waals surface area contributed by atoms with Gasteiger partial charge in [-0.05, 0) is 37.0 Å². The topological polar surface area (TPSA) is 75.7 Å². The van der Waals surface area contributed by atoms with E-state index in [-0.39, 0.29) is 16.9 Å².